The first-order chi connectivity index (χ1) is 9.17. The minimum Gasteiger partial charge on any atom is -0.496 e. The number of aromatic nitrogens is 2. The summed E-state index contributed by atoms with van der Waals surface area (Å²) in [4.78, 5) is 1.09. The molecule has 0 saturated heterocycles. The zero-order valence-electron chi connectivity index (χ0n) is 11.1. The molecule has 0 radical (unpaired) electrons. The number of aryl methyl sites for hydroxylation is 1. The molecule has 0 amide bonds. The van der Waals surface area contributed by atoms with E-state index in [-0.39, 0.29) is 6.04 Å². The van der Waals surface area contributed by atoms with Crippen molar-refractivity contribution in [2.75, 3.05) is 13.7 Å². The molecule has 6 heteroatoms. The smallest absolute Gasteiger partial charge is 0.124 e. The molecular weight excluding hydrogens is 282 g/mol. The van der Waals surface area contributed by atoms with Gasteiger partial charge in [-0.1, -0.05) is 23.0 Å². The van der Waals surface area contributed by atoms with E-state index in [0.29, 0.717) is 5.02 Å². The highest BCUT2D eigenvalue weighted by atomic mass is 35.5. The number of methoxy groups -OCH3 is 1. The Hall–Kier alpha value is -1.17. The average Bonchev–Trinajstić information content (AvgIpc) is 2.82. The van der Waals surface area contributed by atoms with Crippen molar-refractivity contribution in [1.29, 1.82) is 0 Å². The first-order valence-electron chi connectivity index (χ1n) is 6.03. The molecule has 1 aromatic heterocycles. The number of nitrogens with zero attached hydrogens (tertiary/aromatic N) is 2. The number of hydrogen-bond acceptors (Lipinski definition) is 5. The van der Waals surface area contributed by atoms with E-state index in [1.165, 1.54) is 11.5 Å². The first-order valence-corrected chi connectivity index (χ1v) is 7.18. The third-order valence-corrected chi connectivity index (χ3v) is 3.99. The lowest BCUT2D eigenvalue weighted by atomic mass is 10.0. The Morgan fingerprint density at radius 2 is 2.26 bits per heavy atom. The van der Waals surface area contributed by atoms with Crippen LogP contribution in [-0.4, -0.2) is 23.2 Å². The van der Waals surface area contributed by atoms with Crippen LogP contribution >= 0.6 is 23.1 Å². The fourth-order valence-corrected chi connectivity index (χ4v) is 2.90. The van der Waals surface area contributed by atoms with Crippen LogP contribution < -0.4 is 10.1 Å². The first kappa shape index (κ1) is 14.2. The highest BCUT2D eigenvalue weighted by molar-refractivity contribution is 7.05. The summed E-state index contributed by atoms with van der Waals surface area (Å²) in [5, 5.41) is 8.20. The van der Waals surface area contributed by atoms with Crippen molar-refractivity contribution < 1.29 is 4.74 Å². The number of halogens is 1. The van der Waals surface area contributed by atoms with E-state index < -0.39 is 0 Å². The van der Waals surface area contributed by atoms with Gasteiger partial charge in [0.2, 0.25) is 0 Å². The van der Waals surface area contributed by atoms with Crippen molar-refractivity contribution in [2.24, 2.45) is 0 Å². The highest BCUT2D eigenvalue weighted by Crippen LogP contribution is 2.34. The number of hydrogen-bond donors (Lipinski definition) is 1. The monoisotopic (exact) mass is 297 g/mol. The Labute approximate surface area is 121 Å². The molecule has 0 spiro atoms. The third kappa shape index (κ3) is 3.05. The molecule has 19 heavy (non-hydrogen) atoms. The Bertz CT molecular complexity index is 559. The molecule has 2 aromatic rings. The molecule has 1 atom stereocenters. The minimum atomic E-state index is -0.00125. The van der Waals surface area contributed by atoms with Gasteiger partial charge in [-0.15, -0.1) is 5.10 Å². The van der Waals surface area contributed by atoms with Crippen LogP contribution in [0.3, 0.4) is 0 Å². The molecule has 0 fully saturated rings. The Balaban J connectivity index is 2.50. The second kappa shape index (κ2) is 6.32. The van der Waals surface area contributed by atoms with Crippen molar-refractivity contribution in [3.05, 3.63) is 39.4 Å². The molecule has 1 N–H and O–H groups in total. The Morgan fingerprint density at radius 1 is 1.47 bits per heavy atom. The van der Waals surface area contributed by atoms with E-state index in [2.05, 4.69) is 21.8 Å². The van der Waals surface area contributed by atoms with E-state index >= 15 is 0 Å². The lowest BCUT2D eigenvalue weighted by Crippen LogP contribution is -2.22. The molecule has 0 saturated carbocycles. The topological polar surface area (TPSA) is 47.0 Å². The quantitative estimate of drug-likeness (QED) is 0.920. The van der Waals surface area contributed by atoms with Crippen molar-refractivity contribution in [3.8, 4) is 5.75 Å². The van der Waals surface area contributed by atoms with Gasteiger partial charge < -0.3 is 10.1 Å². The van der Waals surface area contributed by atoms with Gasteiger partial charge in [-0.25, -0.2) is 0 Å². The molecule has 4 nitrogen and oxygen atoms in total. The van der Waals surface area contributed by atoms with Crippen molar-refractivity contribution in [3.63, 3.8) is 0 Å². The minimum absolute atomic E-state index is 0.00125. The molecular formula is C13H16ClN3OS. The fraction of sp³-hybridized carbons (Fsp3) is 0.385. The van der Waals surface area contributed by atoms with E-state index in [1.54, 1.807) is 7.11 Å². The summed E-state index contributed by atoms with van der Waals surface area (Å²) in [5.41, 5.74) is 1.93. The van der Waals surface area contributed by atoms with E-state index in [0.717, 1.165) is 28.4 Å². The summed E-state index contributed by atoms with van der Waals surface area (Å²) in [7, 11) is 1.66. The van der Waals surface area contributed by atoms with Gasteiger partial charge in [0, 0.05) is 10.6 Å². The maximum atomic E-state index is 6.11. The summed E-state index contributed by atoms with van der Waals surface area (Å²) in [6, 6.07) is 5.63. The Kier molecular flexibility index (Phi) is 4.74. The van der Waals surface area contributed by atoms with E-state index in [1.807, 2.05) is 25.1 Å². The van der Waals surface area contributed by atoms with Crippen LogP contribution in [0.15, 0.2) is 18.2 Å². The SMILES string of the molecule is CCNC(c1cc(Cl)ccc1OC)c1snnc1C. The van der Waals surface area contributed by atoms with Crippen LogP contribution in [-0.2, 0) is 0 Å². The Morgan fingerprint density at radius 3 is 2.84 bits per heavy atom. The van der Waals surface area contributed by atoms with Gasteiger partial charge in [-0.05, 0) is 43.2 Å². The van der Waals surface area contributed by atoms with Gasteiger partial charge in [0.05, 0.1) is 23.7 Å². The zero-order chi connectivity index (χ0) is 13.8. The standard InChI is InChI=1S/C13H16ClN3OS/c1-4-15-12(13-8(2)16-17-19-13)10-7-9(14)5-6-11(10)18-3/h5-7,12,15H,4H2,1-3H3. The number of benzene rings is 1. The van der Waals surface area contributed by atoms with Crippen LogP contribution in [0, 0.1) is 6.92 Å². The molecule has 0 bridgehead atoms. The lowest BCUT2D eigenvalue weighted by Gasteiger charge is -2.20. The largest absolute Gasteiger partial charge is 0.496 e. The van der Waals surface area contributed by atoms with Crippen molar-refractivity contribution in [1.82, 2.24) is 14.9 Å². The van der Waals surface area contributed by atoms with Gasteiger partial charge in [0.15, 0.2) is 0 Å². The summed E-state index contributed by atoms with van der Waals surface area (Å²) >= 11 is 7.50. The fourth-order valence-electron chi connectivity index (χ4n) is 1.98. The highest BCUT2D eigenvalue weighted by Gasteiger charge is 2.22. The molecule has 0 aliphatic carbocycles. The third-order valence-electron chi connectivity index (χ3n) is 2.86. The van der Waals surface area contributed by atoms with Gasteiger partial charge in [0.25, 0.3) is 0 Å². The maximum Gasteiger partial charge on any atom is 0.124 e. The zero-order valence-corrected chi connectivity index (χ0v) is 12.7. The lowest BCUT2D eigenvalue weighted by molar-refractivity contribution is 0.404. The predicted molar refractivity (Wildman–Crippen MR) is 78.2 cm³/mol. The van der Waals surface area contributed by atoms with Gasteiger partial charge in [-0.3, -0.25) is 0 Å². The molecule has 1 heterocycles. The summed E-state index contributed by atoms with van der Waals surface area (Å²) in [6.07, 6.45) is 0. The number of nitrogens with one attached hydrogen (secondary N) is 1. The van der Waals surface area contributed by atoms with Gasteiger partial charge >= 0.3 is 0 Å². The molecule has 102 valence electrons. The summed E-state index contributed by atoms with van der Waals surface area (Å²) in [5.74, 6) is 0.808. The molecule has 1 unspecified atom stereocenters. The van der Waals surface area contributed by atoms with Crippen LogP contribution in [0.25, 0.3) is 0 Å². The molecule has 0 aliphatic heterocycles. The van der Waals surface area contributed by atoms with Gasteiger partial charge in [-0.2, -0.15) is 0 Å². The predicted octanol–water partition coefficient (Wildman–Crippen LogP) is 3.21. The van der Waals surface area contributed by atoms with Crippen LogP contribution in [0.4, 0.5) is 0 Å². The van der Waals surface area contributed by atoms with Crippen LogP contribution in [0.2, 0.25) is 5.02 Å². The maximum absolute atomic E-state index is 6.11. The number of ether oxygens (including phenoxy) is 1. The average molecular weight is 298 g/mol. The summed E-state index contributed by atoms with van der Waals surface area (Å²) in [6.45, 7) is 4.85. The second-order valence-corrected chi connectivity index (χ2v) is 5.32. The normalized spacial score (nSPS) is 12.4. The van der Waals surface area contributed by atoms with Crippen molar-refractivity contribution >= 4 is 23.1 Å². The van der Waals surface area contributed by atoms with Crippen molar-refractivity contribution in [2.45, 2.75) is 19.9 Å². The second-order valence-electron chi connectivity index (χ2n) is 4.10. The summed E-state index contributed by atoms with van der Waals surface area (Å²) < 4.78 is 9.44. The van der Waals surface area contributed by atoms with Crippen LogP contribution in [0.5, 0.6) is 5.75 Å². The van der Waals surface area contributed by atoms with E-state index in [4.69, 9.17) is 16.3 Å². The molecule has 2 rings (SSSR count). The molecule has 0 aliphatic rings. The van der Waals surface area contributed by atoms with Crippen LogP contribution in [0.1, 0.15) is 29.1 Å². The van der Waals surface area contributed by atoms with Gasteiger partial charge in [0.1, 0.15) is 5.75 Å². The van der Waals surface area contributed by atoms with E-state index in [9.17, 15) is 0 Å². The number of rotatable bonds is 5. The molecule has 1 aromatic carbocycles.